The molecule has 0 aromatic carbocycles. The molecule has 0 radical (unpaired) electrons. The molecule has 0 spiro atoms. The van der Waals surface area contributed by atoms with E-state index in [0.717, 1.165) is 5.56 Å². The molecule has 6 nitrogen and oxygen atoms in total. The second-order valence-corrected chi connectivity index (χ2v) is 5.34. The number of sulfonamides is 1. The van der Waals surface area contributed by atoms with Gasteiger partial charge in [-0.25, -0.2) is 13.1 Å². The lowest BCUT2D eigenvalue weighted by Gasteiger charge is -2.05. The largest absolute Gasteiger partial charge is 0.466 e. The second kappa shape index (κ2) is 6.41. The Morgan fingerprint density at radius 3 is 2.88 bits per heavy atom. The SMILES string of the molecule is CCOC(=O)CCS(=O)(=O)NCc1cc[nH]c1. The van der Waals surface area contributed by atoms with E-state index in [0.29, 0.717) is 0 Å². The Balaban J connectivity index is 2.33. The van der Waals surface area contributed by atoms with Crippen LogP contribution in [0.3, 0.4) is 0 Å². The summed E-state index contributed by atoms with van der Waals surface area (Å²) in [5, 5.41) is 0. The van der Waals surface area contributed by atoms with Crippen molar-refractivity contribution in [2.45, 2.75) is 19.9 Å². The lowest BCUT2D eigenvalue weighted by molar-refractivity contribution is -0.142. The number of carbonyl (C=O) groups is 1. The molecular formula is C10H16N2O4S. The number of rotatable bonds is 7. The molecule has 1 aromatic rings. The summed E-state index contributed by atoms with van der Waals surface area (Å²) in [5.74, 6) is -0.754. The molecule has 7 heteroatoms. The minimum Gasteiger partial charge on any atom is -0.466 e. The summed E-state index contributed by atoms with van der Waals surface area (Å²) in [6, 6.07) is 1.77. The highest BCUT2D eigenvalue weighted by atomic mass is 32.2. The van der Waals surface area contributed by atoms with Crippen LogP contribution in [0.25, 0.3) is 0 Å². The number of esters is 1. The summed E-state index contributed by atoms with van der Waals surface area (Å²) < 4.78 is 30.1. The van der Waals surface area contributed by atoms with Gasteiger partial charge in [-0.2, -0.15) is 0 Å². The first-order valence-electron chi connectivity index (χ1n) is 5.28. The molecule has 0 aliphatic carbocycles. The Hall–Kier alpha value is -1.34. The summed E-state index contributed by atoms with van der Waals surface area (Å²) in [4.78, 5) is 13.8. The standard InChI is InChI=1S/C10H16N2O4S/c1-2-16-10(13)4-6-17(14,15)12-8-9-3-5-11-7-9/h3,5,7,11-12H,2,4,6,8H2,1H3. The fourth-order valence-electron chi connectivity index (χ4n) is 1.18. The first-order chi connectivity index (χ1) is 8.03. The minimum atomic E-state index is -3.44. The monoisotopic (exact) mass is 260 g/mol. The van der Waals surface area contributed by atoms with Gasteiger partial charge in [0, 0.05) is 18.9 Å². The zero-order valence-electron chi connectivity index (χ0n) is 9.60. The zero-order valence-corrected chi connectivity index (χ0v) is 10.4. The summed E-state index contributed by atoms with van der Waals surface area (Å²) >= 11 is 0. The van der Waals surface area contributed by atoms with E-state index in [1.54, 1.807) is 25.4 Å². The third kappa shape index (κ3) is 5.50. The van der Waals surface area contributed by atoms with Crippen LogP contribution in [0.5, 0.6) is 0 Å². The minimum absolute atomic E-state index is 0.129. The van der Waals surface area contributed by atoms with Gasteiger partial charge in [0.2, 0.25) is 10.0 Å². The number of carbonyl (C=O) groups excluding carboxylic acids is 1. The first kappa shape index (κ1) is 13.7. The summed E-state index contributed by atoms with van der Waals surface area (Å²) in [6.45, 7) is 2.15. The number of ether oxygens (including phenoxy) is 1. The molecule has 0 aliphatic heterocycles. The van der Waals surface area contributed by atoms with Gasteiger partial charge in [0.15, 0.2) is 0 Å². The van der Waals surface area contributed by atoms with Crippen molar-refractivity contribution in [1.29, 1.82) is 0 Å². The normalized spacial score (nSPS) is 11.4. The van der Waals surface area contributed by atoms with Crippen molar-refractivity contribution in [3.05, 3.63) is 24.0 Å². The van der Waals surface area contributed by atoms with Gasteiger partial charge < -0.3 is 9.72 Å². The molecule has 0 aliphatic rings. The number of hydrogen-bond acceptors (Lipinski definition) is 4. The molecule has 1 rings (SSSR count). The van der Waals surface area contributed by atoms with E-state index in [1.807, 2.05) is 0 Å². The van der Waals surface area contributed by atoms with Crippen molar-refractivity contribution >= 4 is 16.0 Å². The molecule has 1 aromatic heterocycles. The topological polar surface area (TPSA) is 88.3 Å². The second-order valence-electron chi connectivity index (χ2n) is 3.41. The molecule has 0 atom stereocenters. The van der Waals surface area contributed by atoms with E-state index in [-0.39, 0.29) is 25.3 Å². The van der Waals surface area contributed by atoms with Crippen molar-refractivity contribution in [2.24, 2.45) is 0 Å². The zero-order chi connectivity index (χ0) is 12.7. The number of H-pyrrole nitrogens is 1. The van der Waals surface area contributed by atoms with Crippen LogP contribution < -0.4 is 4.72 Å². The summed E-state index contributed by atoms with van der Waals surface area (Å²) in [5.41, 5.74) is 0.838. The lowest BCUT2D eigenvalue weighted by Crippen LogP contribution is -2.27. The molecule has 0 saturated carbocycles. The van der Waals surface area contributed by atoms with E-state index in [9.17, 15) is 13.2 Å². The van der Waals surface area contributed by atoms with Gasteiger partial charge in [-0.3, -0.25) is 4.79 Å². The Morgan fingerprint density at radius 1 is 1.53 bits per heavy atom. The third-order valence-electron chi connectivity index (χ3n) is 2.04. The average molecular weight is 260 g/mol. The van der Waals surface area contributed by atoms with Gasteiger partial charge in [-0.1, -0.05) is 0 Å². The van der Waals surface area contributed by atoms with Gasteiger partial charge in [-0.15, -0.1) is 0 Å². The number of aromatic amines is 1. The van der Waals surface area contributed by atoms with E-state index in [4.69, 9.17) is 0 Å². The molecule has 0 amide bonds. The van der Waals surface area contributed by atoms with Gasteiger partial charge in [0.05, 0.1) is 18.8 Å². The molecule has 2 N–H and O–H groups in total. The van der Waals surface area contributed by atoms with Crippen LogP contribution in [-0.4, -0.2) is 31.7 Å². The quantitative estimate of drug-likeness (QED) is 0.694. The fourth-order valence-corrected chi connectivity index (χ4v) is 2.15. The van der Waals surface area contributed by atoms with Crippen molar-refractivity contribution in [3.63, 3.8) is 0 Å². The predicted octanol–water partition coefficient (Wildman–Crippen LogP) is 0.387. The van der Waals surface area contributed by atoms with Gasteiger partial charge in [-0.05, 0) is 18.6 Å². The van der Waals surface area contributed by atoms with Crippen LogP contribution in [0.2, 0.25) is 0 Å². The lowest BCUT2D eigenvalue weighted by atomic mass is 10.4. The molecule has 0 unspecified atom stereocenters. The highest BCUT2D eigenvalue weighted by Gasteiger charge is 2.13. The molecule has 1 heterocycles. The van der Waals surface area contributed by atoms with Crippen LogP contribution in [0.4, 0.5) is 0 Å². The highest BCUT2D eigenvalue weighted by Crippen LogP contribution is 1.98. The first-order valence-corrected chi connectivity index (χ1v) is 6.93. The number of nitrogens with one attached hydrogen (secondary N) is 2. The fraction of sp³-hybridized carbons (Fsp3) is 0.500. The maximum absolute atomic E-state index is 11.5. The Kier molecular flexibility index (Phi) is 5.17. The Morgan fingerprint density at radius 2 is 2.29 bits per heavy atom. The summed E-state index contributed by atoms with van der Waals surface area (Å²) in [6.07, 6.45) is 3.28. The van der Waals surface area contributed by atoms with Crippen LogP contribution >= 0.6 is 0 Å². The van der Waals surface area contributed by atoms with Crippen LogP contribution in [0.1, 0.15) is 18.9 Å². The smallest absolute Gasteiger partial charge is 0.306 e. The van der Waals surface area contributed by atoms with E-state index in [2.05, 4.69) is 14.4 Å². The maximum atomic E-state index is 11.5. The van der Waals surface area contributed by atoms with E-state index >= 15 is 0 Å². The van der Waals surface area contributed by atoms with E-state index in [1.165, 1.54) is 0 Å². The van der Waals surface area contributed by atoms with Crippen molar-refractivity contribution in [2.75, 3.05) is 12.4 Å². The molecule has 96 valence electrons. The third-order valence-corrected chi connectivity index (χ3v) is 3.36. The molecule has 0 fully saturated rings. The molecule has 0 bridgehead atoms. The Bertz CT molecular complexity index is 439. The predicted molar refractivity (Wildman–Crippen MR) is 62.7 cm³/mol. The van der Waals surface area contributed by atoms with Gasteiger partial charge in [0.25, 0.3) is 0 Å². The van der Waals surface area contributed by atoms with Crippen molar-refractivity contribution < 1.29 is 17.9 Å². The number of hydrogen-bond donors (Lipinski definition) is 2. The number of aromatic nitrogens is 1. The van der Waals surface area contributed by atoms with E-state index < -0.39 is 16.0 Å². The molecule has 17 heavy (non-hydrogen) atoms. The van der Waals surface area contributed by atoms with Crippen LogP contribution in [-0.2, 0) is 26.1 Å². The molecule has 0 saturated heterocycles. The van der Waals surface area contributed by atoms with Crippen molar-refractivity contribution in [1.82, 2.24) is 9.71 Å². The molecular weight excluding hydrogens is 244 g/mol. The van der Waals surface area contributed by atoms with Gasteiger partial charge >= 0.3 is 5.97 Å². The van der Waals surface area contributed by atoms with Crippen LogP contribution in [0.15, 0.2) is 18.5 Å². The van der Waals surface area contributed by atoms with Crippen LogP contribution in [0, 0.1) is 0 Å². The average Bonchev–Trinajstić information content (AvgIpc) is 2.77. The van der Waals surface area contributed by atoms with Crippen molar-refractivity contribution in [3.8, 4) is 0 Å². The summed E-state index contributed by atoms with van der Waals surface area (Å²) in [7, 11) is -3.44. The Labute approximate surface area is 100 Å². The van der Waals surface area contributed by atoms with Gasteiger partial charge in [0.1, 0.15) is 0 Å². The maximum Gasteiger partial charge on any atom is 0.306 e. The highest BCUT2D eigenvalue weighted by molar-refractivity contribution is 7.89.